The van der Waals surface area contributed by atoms with Gasteiger partial charge in [0.2, 0.25) is 5.91 Å². The number of alkyl carbamates (subject to hydrolysis) is 1. The third kappa shape index (κ3) is 7.42. The molecule has 0 bridgehead atoms. The van der Waals surface area contributed by atoms with E-state index in [2.05, 4.69) is 10.1 Å². The minimum Gasteiger partial charge on any atom is -0.469 e. The van der Waals surface area contributed by atoms with Gasteiger partial charge in [-0.25, -0.2) is 4.79 Å². The predicted molar refractivity (Wildman–Crippen MR) is 104 cm³/mol. The van der Waals surface area contributed by atoms with E-state index in [-0.39, 0.29) is 24.5 Å². The fraction of sp³-hybridized carbons (Fsp3) is 0.476. The zero-order valence-electron chi connectivity index (χ0n) is 16.3. The molecule has 7 heteroatoms. The van der Waals surface area contributed by atoms with Crippen LogP contribution in [0.15, 0.2) is 42.5 Å². The lowest BCUT2D eigenvalue weighted by Gasteiger charge is -2.23. The highest BCUT2D eigenvalue weighted by Gasteiger charge is 2.30. The lowest BCUT2D eigenvalue weighted by molar-refractivity contribution is -0.140. The maximum atomic E-state index is 12.1. The first kappa shape index (κ1) is 21.5. The van der Waals surface area contributed by atoms with Crippen LogP contribution >= 0.6 is 0 Å². The number of rotatable bonds is 10. The highest BCUT2D eigenvalue weighted by atomic mass is 16.5. The molecule has 1 aromatic rings. The van der Waals surface area contributed by atoms with Gasteiger partial charge in [-0.05, 0) is 24.8 Å². The minimum absolute atomic E-state index is 0.0671. The number of likely N-dealkylation sites (tertiary alicyclic amines) is 1. The number of amides is 2. The number of hydrogen-bond donors (Lipinski definition) is 1. The molecule has 152 valence electrons. The summed E-state index contributed by atoms with van der Waals surface area (Å²) in [5, 5.41) is 2.71. The topological polar surface area (TPSA) is 84.9 Å². The average molecular weight is 388 g/mol. The molecular weight excluding hydrogens is 360 g/mol. The maximum Gasteiger partial charge on any atom is 0.407 e. The Morgan fingerprint density at radius 2 is 2.04 bits per heavy atom. The van der Waals surface area contributed by atoms with Crippen LogP contribution in [0.1, 0.15) is 37.7 Å². The number of benzene rings is 1. The number of esters is 1. The number of carbonyl (C=O) groups excluding carboxylic acids is 3. The molecule has 2 amide bonds. The van der Waals surface area contributed by atoms with Crippen LogP contribution in [-0.2, 0) is 25.6 Å². The zero-order valence-corrected chi connectivity index (χ0v) is 16.3. The molecule has 0 saturated carbocycles. The fourth-order valence-corrected chi connectivity index (χ4v) is 2.98. The number of hydrogen-bond acceptors (Lipinski definition) is 5. The van der Waals surface area contributed by atoms with Crippen molar-refractivity contribution in [3.63, 3.8) is 0 Å². The highest BCUT2D eigenvalue weighted by molar-refractivity contribution is 5.79. The molecule has 1 fully saturated rings. The van der Waals surface area contributed by atoms with E-state index in [0.717, 1.165) is 12.0 Å². The van der Waals surface area contributed by atoms with E-state index < -0.39 is 6.09 Å². The molecule has 0 aromatic heterocycles. The number of unbranched alkanes of at least 4 members (excludes halogenated alkanes) is 1. The molecule has 1 saturated heterocycles. The van der Waals surface area contributed by atoms with Gasteiger partial charge in [-0.2, -0.15) is 0 Å². The largest absolute Gasteiger partial charge is 0.469 e. The molecule has 1 aliphatic heterocycles. The second-order valence-electron chi connectivity index (χ2n) is 6.62. The number of nitrogens with zero attached hydrogens (tertiary/aromatic N) is 1. The first-order chi connectivity index (χ1) is 13.6. The normalized spacial score (nSPS) is 16.4. The summed E-state index contributed by atoms with van der Waals surface area (Å²) in [6.07, 6.45) is 6.39. The number of carbonyl (C=O) groups is 3. The van der Waals surface area contributed by atoms with E-state index >= 15 is 0 Å². The van der Waals surface area contributed by atoms with Gasteiger partial charge in [0.1, 0.15) is 6.61 Å². The van der Waals surface area contributed by atoms with E-state index in [1.807, 2.05) is 42.5 Å². The van der Waals surface area contributed by atoms with Crippen LogP contribution < -0.4 is 5.32 Å². The Labute approximate surface area is 165 Å². The summed E-state index contributed by atoms with van der Waals surface area (Å²) in [5.74, 6) is -0.150. The lowest BCUT2D eigenvalue weighted by atomic mass is 10.2. The molecule has 0 radical (unpaired) electrons. The van der Waals surface area contributed by atoms with Crippen LogP contribution in [0.25, 0.3) is 0 Å². The third-order valence-corrected chi connectivity index (χ3v) is 4.59. The molecule has 1 N–H and O–H groups in total. The molecule has 0 aliphatic carbocycles. The summed E-state index contributed by atoms with van der Waals surface area (Å²) in [5.41, 5.74) is 0.995. The fourth-order valence-electron chi connectivity index (χ4n) is 2.98. The second-order valence-corrected chi connectivity index (χ2v) is 6.62. The Hall–Kier alpha value is -2.83. The van der Waals surface area contributed by atoms with Gasteiger partial charge in [0.25, 0.3) is 0 Å². The molecule has 0 spiro atoms. The standard InChI is InChI=1S/C21H28N2O5/c1-27-20(25)11-7-2-3-8-14-23-18(12-13-19(23)24)16-28-21(26)22-15-17-9-5-4-6-10-17/h3-6,8-10,18H,2,7,11-16H2,1H3,(H,22,26). The van der Waals surface area contributed by atoms with Crippen molar-refractivity contribution in [3.05, 3.63) is 48.0 Å². The summed E-state index contributed by atoms with van der Waals surface area (Å²) in [6, 6.07) is 9.49. The Morgan fingerprint density at radius 3 is 2.79 bits per heavy atom. The zero-order chi connectivity index (χ0) is 20.2. The summed E-state index contributed by atoms with van der Waals surface area (Å²) in [7, 11) is 1.38. The molecule has 1 aliphatic rings. The average Bonchev–Trinajstić information content (AvgIpc) is 3.07. The number of methoxy groups -OCH3 is 1. The van der Waals surface area contributed by atoms with E-state index in [0.29, 0.717) is 38.8 Å². The quantitative estimate of drug-likeness (QED) is 0.378. The van der Waals surface area contributed by atoms with Crippen LogP contribution in [0.4, 0.5) is 4.79 Å². The SMILES string of the molecule is COC(=O)CCCC=CCN1C(=O)CCC1COC(=O)NCc1ccccc1. The van der Waals surface area contributed by atoms with Gasteiger partial charge in [-0.15, -0.1) is 0 Å². The van der Waals surface area contributed by atoms with Crippen LogP contribution in [-0.4, -0.2) is 49.2 Å². The Balaban J connectivity index is 1.68. The third-order valence-electron chi connectivity index (χ3n) is 4.59. The molecule has 2 rings (SSSR count). The van der Waals surface area contributed by atoms with Crippen molar-refractivity contribution in [2.75, 3.05) is 20.3 Å². The Kier molecular flexibility index (Phi) is 9.04. The number of ether oxygens (including phenoxy) is 2. The van der Waals surface area contributed by atoms with Gasteiger partial charge in [0.15, 0.2) is 0 Å². The second kappa shape index (κ2) is 11.8. The van der Waals surface area contributed by atoms with Crippen molar-refractivity contribution in [2.24, 2.45) is 0 Å². The van der Waals surface area contributed by atoms with Crippen LogP contribution in [0.5, 0.6) is 0 Å². The minimum atomic E-state index is -0.485. The van der Waals surface area contributed by atoms with Crippen molar-refractivity contribution in [3.8, 4) is 0 Å². The van der Waals surface area contributed by atoms with Crippen molar-refractivity contribution < 1.29 is 23.9 Å². The first-order valence-electron chi connectivity index (χ1n) is 9.56. The number of nitrogens with one attached hydrogen (secondary N) is 1. The molecule has 1 heterocycles. The van der Waals surface area contributed by atoms with Gasteiger partial charge < -0.3 is 19.7 Å². The first-order valence-corrected chi connectivity index (χ1v) is 9.56. The molecule has 7 nitrogen and oxygen atoms in total. The van der Waals surface area contributed by atoms with Crippen molar-refractivity contribution in [2.45, 2.75) is 44.7 Å². The molecule has 1 aromatic carbocycles. The predicted octanol–water partition coefficient (Wildman–Crippen LogP) is 2.80. The molecule has 1 atom stereocenters. The van der Waals surface area contributed by atoms with Crippen molar-refractivity contribution >= 4 is 18.0 Å². The molecule has 1 unspecified atom stereocenters. The van der Waals surface area contributed by atoms with Crippen LogP contribution in [0.2, 0.25) is 0 Å². The molecular formula is C21H28N2O5. The van der Waals surface area contributed by atoms with Gasteiger partial charge in [0.05, 0.1) is 13.2 Å². The Morgan fingerprint density at radius 1 is 1.25 bits per heavy atom. The van der Waals surface area contributed by atoms with Gasteiger partial charge in [-0.3, -0.25) is 9.59 Å². The van der Waals surface area contributed by atoms with Crippen molar-refractivity contribution in [1.29, 1.82) is 0 Å². The van der Waals surface area contributed by atoms with E-state index in [9.17, 15) is 14.4 Å². The van der Waals surface area contributed by atoms with Gasteiger partial charge in [-0.1, -0.05) is 42.5 Å². The summed E-state index contributed by atoms with van der Waals surface area (Å²) in [6.45, 7) is 1.07. The maximum absolute atomic E-state index is 12.1. The summed E-state index contributed by atoms with van der Waals surface area (Å²) >= 11 is 0. The Bertz CT molecular complexity index is 675. The summed E-state index contributed by atoms with van der Waals surface area (Å²) < 4.78 is 9.88. The molecule has 28 heavy (non-hydrogen) atoms. The smallest absolute Gasteiger partial charge is 0.407 e. The van der Waals surface area contributed by atoms with Crippen LogP contribution in [0, 0.1) is 0 Å². The lowest BCUT2D eigenvalue weighted by Crippen LogP contribution is -2.38. The van der Waals surface area contributed by atoms with Crippen molar-refractivity contribution in [1.82, 2.24) is 10.2 Å². The van der Waals surface area contributed by atoms with Crippen LogP contribution in [0.3, 0.4) is 0 Å². The van der Waals surface area contributed by atoms with E-state index in [1.54, 1.807) is 4.90 Å². The monoisotopic (exact) mass is 388 g/mol. The summed E-state index contributed by atoms with van der Waals surface area (Å²) in [4.78, 5) is 36.7. The van der Waals surface area contributed by atoms with E-state index in [4.69, 9.17) is 4.74 Å². The van der Waals surface area contributed by atoms with Gasteiger partial charge in [0, 0.05) is 25.9 Å². The van der Waals surface area contributed by atoms with E-state index in [1.165, 1.54) is 7.11 Å². The number of allylic oxidation sites excluding steroid dienone is 1. The van der Waals surface area contributed by atoms with Gasteiger partial charge >= 0.3 is 12.1 Å². The highest BCUT2D eigenvalue weighted by Crippen LogP contribution is 2.19.